The fourth-order valence-electron chi connectivity index (χ4n) is 3.30. The second-order valence-corrected chi connectivity index (χ2v) is 6.23. The van der Waals surface area contributed by atoms with Crippen molar-refractivity contribution in [2.75, 3.05) is 0 Å². The molecule has 4 nitrogen and oxygen atoms in total. The molecule has 0 saturated heterocycles. The van der Waals surface area contributed by atoms with Crippen molar-refractivity contribution in [2.24, 2.45) is 0 Å². The molecule has 2 aromatic heterocycles. The average molecular weight is 304 g/mol. The minimum atomic E-state index is 0.706. The van der Waals surface area contributed by atoms with E-state index in [1.165, 1.54) is 42.4 Å². The predicted octanol–water partition coefficient (Wildman–Crippen LogP) is 3.58. The van der Waals surface area contributed by atoms with Crippen molar-refractivity contribution >= 4 is 0 Å². The Labute approximate surface area is 136 Å². The largest absolute Gasteiger partial charge is 0.329 e. The van der Waals surface area contributed by atoms with Gasteiger partial charge in [-0.15, -0.1) is 0 Å². The van der Waals surface area contributed by atoms with Gasteiger partial charge in [0, 0.05) is 18.0 Å². The van der Waals surface area contributed by atoms with Crippen LogP contribution in [0.5, 0.6) is 0 Å². The first kappa shape index (κ1) is 14.1. The summed E-state index contributed by atoms with van der Waals surface area (Å²) >= 11 is 0. The minimum absolute atomic E-state index is 0.706. The van der Waals surface area contributed by atoms with Crippen molar-refractivity contribution in [2.45, 2.75) is 39.2 Å². The zero-order valence-corrected chi connectivity index (χ0v) is 13.4. The lowest BCUT2D eigenvalue weighted by atomic mass is 9.89. The van der Waals surface area contributed by atoms with E-state index in [-0.39, 0.29) is 0 Å². The quantitative estimate of drug-likeness (QED) is 0.743. The summed E-state index contributed by atoms with van der Waals surface area (Å²) < 4.78 is 2.08. The molecule has 4 rings (SSSR count). The van der Waals surface area contributed by atoms with E-state index in [1.807, 2.05) is 25.5 Å². The molecule has 0 radical (unpaired) electrons. The lowest BCUT2D eigenvalue weighted by molar-refractivity contribution is 0.686. The average Bonchev–Trinajstić information content (AvgIpc) is 2.99. The Morgan fingerprint density at radius 1 is 1.04 bits per heavy atom. The van der Waals surface area contributed by atoms with Crippen LogP contribution in [0.3, 0.4) is 0 Å². The van der Waals surface area contributed by atoms with Crippen molar-refractivity contribution in [3.63, 3.8) is 0 Å². The van der Waals surface area contributed by atoms with Crippen molar-refractivity contribution in [1.82, 2.24) is 19.7 Å². The molecule has 0 atom stereocenters. The molecule has 1 aliphatic carbocycles. The Hall–Kier alpha value is -2.49. The number of hydrogen-bond donors (Lipinski definition) is 0. The summed E-state index contributed by atoms with van der Waals surface area (Å²) in [5, 5.41) is 8.47. The Kier molecular flexibility index (Phi) is 3.66. The van der Waals surface area contributed by atoms with Crippen molar-refractivity contribution in [3.8, 4) is 11.1 Å². The van der Waals surface area contributed by atoms with Gasteiger partial charge in [-0.05, 0) is 55.4 Å². The number of benzene rings is 1. The van der Waals surface area contributed by atoms with Crippen LogP contribution in [0, 0.1) is 6.92 Å². The van der Waals surface area contributed by atoms with Crippen LogP contribution in [0.25, 0.3) is 11.1 Å². The molecule has 0 unspecified atom stereocenters. The predicted molar refractivity (Wildman–Crippen MR) is 90.2 cm³/mol. The van der Waals surface area contributed by atoms with Crippen LogP contribution in [0.2, 0.25) is 0 Å². The maximum Gasteiger partial charge on any atom is 0.105 e. The van der Waals surface area contributed by atoms with E-state index in [2.05, 4.69) is 44.0 Å². The smallest absolute Gasteiger partial charge is 0.105 e. The van der Waals surface area contributed by atoms with Crippen LogP contribution in [-0.4, -0.2) is 19.7 Å². The van der Waals surface area contributed by atoms with Gasteiger partial charge in [0.1, 0.15) is 5.82 Å². The van der Waals surface area contributed by atoms with Crippen molar-refractivity contribution in [1.29, 1.82) is 0 Å². The highest BCUT2D eigenvalue weighted by molar-refractivity contribution is 5.64. The highest BCUT2D eigenvalue weighted by Crippen LogP contribution is 2.27. The first-order valence-electron chi connectivity index (χ1n) is 8.21. The zero-order valence-electron chi connectivity index (χ0n) is 13.4. The summed E-state index contributed by atoms with van der Waals surface area (Å²) in [5.74, 6) is 0.992. The first-order chi connectivity index (χ1) is 11.3. The molecule has 0 fully saturated rings. The molecule has 1 aliphatic rings. The number of rotatable bonds is 3. The SMILES string of the molecule is Cc1nccn1Cc1cc(-c2ccc3c(c2)CCCC3)cnn1. The fraction of sp³-hybridized carbons (Fsp3) is 0.316. The topological polar surface area (TPSA) is 43.6 Å². The molecule has 0 saturated carbocycles. The molecule has 23 heavy (non-hydrogen) atoms. The number of fused-ring (bicyclic) bond motifs is 1. The third kappa shape index (κ3) is 2.89. The van der Waals surface area contributed by atoms with Crippen molar-refractivity contribution < 1.29 is 0 Å². The van der Waals surface area contributed by atoms with Gasteiger partial charge < -0.3 is 4.57 Å². The van der Waals surface area contributed by atoms with Crippen LogP contribution in [0.1, 0.15) is 35.5 Å². The van der Waals surface area contributed by atoms with Gasteiger partial charge in [0.05, 0.1) is 18.4 Å². The Morgan fingerprint density at radius 3 is 2.74 bits per heavy atom. The molecule has 0 aliphatic heterocycles. The zero-order chi connectivity index (χ0) is 15.6. The molecule has 116 valence electrons. The molecule has 2 heterocycles. The highest BCUT2D eigenvalue weighted by atomic mass is 15.1. The second kappa shape index (κ2) is 5.95. The summed E-state index contributed by atoms with van der Waals surface area (Å²) in [6, 6.07) is 8.96. The van der Waals surface area contributed by atoms with E-state index < -0.39 is 0 Å². The second-order valence-electron chi connectivity index (χ2n) is 6.23. The van der Waals surface area contributed by atoms with Gasteiger partial charge in [0.25, 0.3) is 0 Å². The summed E-state index contributed by atoms with van der Waals surface area (Å²) in [5.41, 5.74) is 6.35. The normalized spacial score (nSPS) is 13.8. The molecule has 0 N–H and O–H groups in total. The third-order valence-electron chi connectivity index (χ3n) is 4.64. The summed E-state index contributed by atoms with van der Waals surface area (Å²) in [6.45, 7) is 2.71. The molecular weight excluding hydrogens is 284 g/mol. The molecule has 0 spiro atoms. The van der Waals surface area contributed by atoms with Gasteiger partial charge in [-0.2, -0.15) is 10.2 Å². The molecule has 4 heteroatoms. The third-order valence-corrected chi connectivity index (χ3v) is 4.64. The van der Waals surface area contributed by atoms with E-state index in [9.17, 15) is 0 Å². The van der Waals surface area contributed by atoms with E-state index in [0.717, 1.165) is 17.1 Å². The molecule has 3 aromatic rings. The fourth-order valence-corrected chi connectivity index (χ4v) is 3.30. The van der Waals surface area contributed by atoms with Crippen LogP contribution >= 0.6 is 0 Å². The number of aryl methyl sites for hydroxylation is 3. The van der Waals surface area contributed by atoms with Gasteiger partial charge >= 0.3 is 0 Å². The minimum Gasteiger partial charge on any atom is -0.329 e. The first-order valence-corrected chi connectivity index (χ1v) is 8.21. The summed E-state index contributed by atoms with van der Waals surface area (Å²) in [6.07, 6.45) is 10.7. The summed E-state index contributed by atoms with van der Waals surface area (Å²) in [4.78, 5) is 4.26. The van der Waals surface area contributed by atoms with E-state index in [4.69, 9.17) is 0 Å². The Morgan fingerprint density at radius 2 is 1.91 bits per heavy atom. The van der Waals surface area contributed by atoms with Crippen LogP contribution in [0.4, 0.5) is 0 Å². The maximum absolute atomic E-state index is 4.27. The number of hydrogen-bond acceptors (Lipinski definition) is 3. The Balaban J connectivity index is 1.64. The number of nitrogens with zero attached hydrogens (tertiary/aromatic N) is 4. The number of aromatic nitrogens is 4. The molecular formula is C19H20N4. The van der Waals surface area contributed by atoms with Gasteiger partial charge in [0.15, 0.2) is 0 Å². The standard InChI is InChI=1S/C19H20N4/c1-14-20-8-9-23(14)13-19-11-18(12-21-22-19)17-7-6-15-4-2-3-5-16(15)10-17/h6-12H,2-5,13H2,1H3. The van der Waals surface area contributed by atoms with Gasteiger partial charge in [-0.25, -0.2) is 4.98 Å². The Bertz CT molecular complexity index is 835. The molecule has 0 bridgehead atoms. The van der Waals surface area contributed by atoms with E-state index in [1.54, 1.807) is 0 Å². The number of imidazole rings is 1. The van der Waals surface area contributed by atoms with Crippen molar-refractivity contribution in [3.05, 3.63) is 65.5 Å². The molecule has 1 aromatic carbocycles. The van der Waals surface area contributed by atoms with Crippen LogP contribution in [-0.2, 0) is 19.4 Å². The lowest BCUT2D eigenvalue weighted by Gasteiger charge is -2.16. The van der Waals surface area contributed by atoms with Crippen LogP contribution in [0.15, 0.2) is 42.9 Å². The monoisotopic (exact) mass is 304 g/mol. The maximum atomic E-state index is 4.27. The van der Waals surface area contributed by atoms with Gasteiger partial charge in [-0.1, -0.05) is 18.2 Å². The van der Waals surface area contributed by atoms with Crippen LogP contribution < -0.4 is 0 Å². The summed E-state index contributed by atoms with van der Waals surface area (Å²) in [7, 11) is 0. The van der Waals surface area contributed by atoms with Gasteiger partial charge in [-0.3, -0.25) is 0 Å². The van der Waals surface area contributed by atoms with E-state index in [0.29, 0.717) is 6.54 Å². The van der Waals surface area contributed by atoms with Gasteiger partial charge in [0.2, 0.25) is 0 Å². The highest BCUT2D eigenvalue weighted by Gasteiger charge is 2.11. The lowest BCUT2D eigenvalue weighted by Crippen LogP contribution is -2.04. The van der Waals surface area contributed by atoms with E-state index >= 15 is 0 Å². The molecule has 0 amide bonds.